The number of hydrogen-bond acceptors (Lipinski definition) is 4. The fourth-order valence-corrected chi connectivity index (χ4v) is 2.93. The summed E-state index contributed by atoms with van der Waals surface area (Å²) in [5, 5.41) is 18.8. The average molecular weight is 347 g/mol. The van der Waals surface area contributed by atoms with E-state index in [-0.39, 0.29) is 6.01 Å². The van der Waals surface area contributed by atoms with Crippen molar-refractivity contribution in [1.82, 2.24) is 15.0 Å². The van der Waals surface area contributed by atoms with Crippen molar-refractivity contribution in [2.75, 3.05) is 0 Å². The van der Waals surface area contributed by atoms with Gasteiger partial charge in [-0.3, -0.25) is 0 Å². The van der Waals surface area contributed by atoms with Crippen LogP contribution in [-0.2, 0) is 0 Å². The van der Waals surface area contributed by atoms with Crippen LogP contribution in [0.25, 0.3) is 33.5 Å². The molecule has 0 aliphatic heterocycles. The molecule has 2 heterocycles. The number of pyridine rings is 1. The molecule has 4 aromatic rings. The van der Waals surface area contributed by atoms with Crippen LogP contribution in [-0.4, -0.2) is 20.1 Å². The Balaban J connectivity index is 1.72. The van der Waals surface area contributed by atoms with Crippen molar-refractivity contribution < 1.29 is 5.11 Å². The van der Waals surface area contributed by atoms with E-state index >= 15 is 0 Å². The fourth-order valence-electron chi connectivity index (χ4n) is 2.67. The SMILES string of the molecule is N#Cc1ccc(-c2ccc(-c3nc4nc(O)[nH]c4cc3Cl)cc2)cc1. The topological polar surface area (TPSA) is 85.6 Å². The van der Waals surface area contributed by atoms with Gasteiger partial charge in [-0.2, -0.15) is 10.2 Å². The molecule has 0 aliphatic carbocycles. The zero-order valence-corrected chi connectivity index (χ0v) is 13.6. The van der Waals surface area contributed by atoms with Gasteiger partial charge in [-0.1, -0.05) is 48.0 Å². The Morgan fingerprint density at radius 1 is 0.920 bits per heavy atom. The second-order valence-electron chi connectivity index (χ2n) is 5.52. The molecule has 0 atom stereocenters. The normalized spacial score (nSPS) is 10.7. The van der Waals surface area contributed by atoms with Crippen molar-refractivity contribution in [1.29, 1.82) is 5.26 Å². The number of aromatic amines is 1. The third kappa shape index (κ3) is 2.80. The predicted octanol–water partition coefficient (Wildman–Crippen LogP) is 4.52. The number of nitrogens with zero attached hydrogens (tertiary/aromatic N) is 3. The van der Waals surface area contributed by atoms with E-state index in [1.807, 2.05) is 36.4 Å². The highest BCUT2D eigenvalue weighted by molar-refractivity contribution is 6.33. The quantitative estimate of drug-likeness (QED) is 0.558. The number of imidazole rings is 1. The molecule has 0 saturated carbocycles. The standard InChI is InChI=1S/C19H11ClN4O/c20-15-9-16-18(24-19(25)22-16)23-17(15)14-7-5-13(6-8-14)12-3-1-11(10-21)2-4-12/h1-9H,(H2,22,23,24,25). The Bertz CT molecular complexity index is 1110. The number of halogens is 1. The molecule has 2 aromatic heterocycles. The summed E-state index contributed by atoms with van der Waals surface area (Å²) in [6.45, 7) is 0. The van der Waals surface area contributed by atoms with Gasteiger partial charge in [0, 0.05) is 5.56 Å². The number of aromatic hydroxyl groups is 1. The molecule has 2 N–H and O–H groups in total. The van der Waals surface area contributed by atoms with Crippen LogP contribution in [0.1, 0.15) is 5.56 Å². The van der Waals surface area contributed by atoms with E-state index < -0.39 is 0 Å². The first-order chi connectivity index (χ1) is 12.1. The van der Waals surface area contributed by atoms with Gasteiger partial charge in [0.25, 0.3) is 6.01 Å². The van der Waals surface area contributed by atoms with Crippen LogP contribution in [0.2, 0.25) is 5.02 Å². The summed E-state index contributed by atoms with van der Waals surface area (Å²) in [7, 11) is 0. The van der Waals surface area contributed by atoms with Gasteiger partial charge in [0.05, 0.1) is 27.9 Å². The van der Waals surface area contributed by atoms with Gasteiger partial charge >= 0.3 is 0 Å². The Morgan fingerprint density at radius 3 is 2.16 bits per heavy atom. The van der Waals surface area contributed by atoms with E-state index in [0.29, 0.717) is 27.4 Å². The Morgan fingerprint density at radius 2 is 1.52 bits per heavy atom. The maximum atomic E-state index is 9.44. The Hall–Kier alpha value is -3.36. The van der Waals surface area contributed by atoms with Gasteiger partial charge in [0.2, 0.25) is 0 Å². The number of H-pyrrole nitrogens is 1. The van der Waals surface area contributed by atoms with Gasteiger partial charge in [0.1, 0.15) is 0 Å². The number of fused-ring (bicyclic) bond motifs is 1. The second-order valence-corrected chi connectivity index (χ2v) is 5.92. The summed E-state index contributed by atoms with van der Waals surface area (Å²) in [4.78, 5) is 11.0. The summed E-state index contributed by atoms with van der Waals surface area (Å²) in [5.41, 5.74) is 5.14. The highest BCUT2D eigenvalue weighted by Crippen LogP contribution is 2.31. The maximum absolute atomic E-state index is 9.44. The third-order valence-corrected chi connectivity index (χ3v) is 4.21. The smallest absolute Gasteiger partial charge is 0.293 e. The van der Waals surface area contributed by atoms with Crippen LogP contribution < -0.4 is 0 Å². The van der Waals surface area contributed by atoms with Gasteiger partial charge in [-0.15, -0.1) is 0 Å². The van der Waals surface area contributed by atoms with Gasteiger partial charge < -0.3 is 10.1 Å². The third-order valence-electron chi connectivity index (χ3n) is 3.92. The number of aromatic nitrogens is 3. The molecule has 4 rings (SSSR count). The van der Waals surface area contributed by atoms with Crippen molar-refractivity contribution in [3.05, 3.63) is 65.2 Å². The van der Waals surface area contributed by atoms with Crippen molar-refractivity contribution in [3.8, 4) is 34.5 Å². The first kappa shape index (κ1) is 15.2. The molecule has 0 fully saturated rings. The number of benzene rings is 2. The van der Waals surface area contributed by atoms with Crippen LogP contribution in [0.5, 0.6) is 6.01 Å². The molecule has 0 aliphatic rings. The minimum Gasteiger partial charge on any atom is -0.480 e. The van der Waals surface area contributed by atoms with E-state index in [9.17, 15) is 5.11 Å². The molecule has 120 valence electrons. The molecule has 2 aromatic carbocycles. The van der Waals surface area contributed by atoms with Crippen LogP contribution in [0.3, 0.4) is 0 Å². The summed E-state index contributed by atoms with van der Waals surface area (Å²) in [5.74, 6) is 0. The molecule has 0 bridgehead atoms. The van der Waals surface area contributed by atoms with Crippen LogP contribution in [0.15, 0.2) is 54.6 Å². The lowest BCUT2D eigenvalue weighted by molar-refractivity contribution is 0.438. The largest absolute Gasteiger partial charge is 0.480 e. The molecular formula is C19H11ClN4O. The van der Waals surface area contributed by atoms with E-state index in [1.165, 1.54) is 0 Å². The van der Waals surface area contributed by atoms with Crippen LogP contribution in [0.4, 0.5) is 0 Å². The van der Waals surface area contributed by atoms with Crippen LogP contribution >= 0.6 is 11.6 Å². The van der Waals surface area contributed by atoms with E-state index in [2.05, 4.69) is 21.0 Å². The first-order valence-corrected chi connectivity index (χ1v) is 7.88. The number of hydrogen-bond donors (Lipinski definition) is 2. The summed E-state index contributed by atoms with van der Waals surface area (Å²) in [6, 6.07) is 18.8. The summed E-state index contributed by atoms with van der Waals surface area (Å²) < 4.78 is 0. The van der Waals surface area contributed by atoms with E-state index in [0.717, 1.165) is 16.7 Å². The minimum absolute atomic E-state index is 0.188. The molecule has 0 amide bonds. The number of nitriles is 1. The molecule has 0 unspecified atom stereocenters. The molecule has 0 saturated heterocycles. The fraction of sp³-hybridized carbons (Fsp3) is 0. The van der Waals surface area contributed by atoms with Crippen molar-refractivity contribution in [2.45, 2.75) is 0 Å². The highest BCUT2D eigenvalue weighted by atomic mass is 35.5. The minimum atomic E-state index is -0.188. The van der Waals surface area contributed by atoms with Crippen LogP contribution in [0, 0.1) is 11.3 Å². The van der Waals surface area contributed by atoms with Crippen molar-refractivity contribution in [3.63, 3.8) is 0 Å². The van der Waals surface area contributed by atoms with Gasteiger partial charge in [0.15, 0.2) is 5.65 Å². The van der Waals surface area contributed by atoms with Gasteiger partial charge in [-0.05, 0) is 29.3 Å². The molecule has 5 nitrogen and oxygen atoms in total. The number of nitrogens with one attached hydrogen (secondary N) is 1. The monoisotopic (exact) mass is 346 g/mol. The molecule has 25 heavy (non-hydrogen) atoms. The van der Waals surface area contributed by atoms with Crippen molar-refractivity contribution in [2.24, 2.45) is 0 Å². The lowest BCUT2D eigenvalue weighted by atomic mass is 10.0. The Kier molecular flexibility index (Phi) is 3.60. The molecule has 0 radical (unpaired) electrons. The molecular weight excluding hydrogens is 336 g/mol. The summed E-state index contributed by atoms with van der Waals surface area (Å²) in [6.07, 6.45) is 0. The lowest BCUT2D eigenvalue weighted by Crippen LogP contribution is -1.87. The van der Waals surface area contributed by atoms with E-state index in [1.54, 1.807) is 18.2 Å². The Labute approximate surface area is 148 Å². The van der Waals surface area contributed by atoms with Crippen molar-refractivity contribution >= 4 is 22.8 Å². The van der Waals surface area contributed by atoms with Gasteiger partial charge in [-0.25, -0.2) is 4.98 Å². The second kappa shape index (κ2) is 5.93. The first-order valence-electron chi connectivity index (χ1n) is 7.50. The molecule has 6 heteroatoms. The highest BCUT2D eigenvalue weighted by Gasteiger charge is 2.11. The lowest BCUT2D eigenvalue weighted by Gasteiger charge is -2.06. The van der Waals surface area contributed by atoms with E-state index in [4.69, 9.17) is 16.9 Å². The zero-order chi connectivity index (χ0) is 17.4. The predicted molar refractivity (Wildman–Crippen MR) is 96.2 cm³/mol. The number of rotatable bonds is 2. The molecule has 0 spiro atoms. The summed E-state index contributed by atoms with van der Waals surface area (Å²) >= 11 is 6.31. The zero-order valence-electron chi connectivity index (χ0n) is 12.9. The average Bonchev–Trinajstić information content (AvgIpc) is 3.00. The maximum Gasteiger partial charge on any atom is 0.293 e.